The first-order chi connectivity index (χ1) is 16.5. The molecule has 0 radical (unpaired) electrons. The van der Waals surface area contributed by atoms with Crippen molar-refractivity contribution < 1.29 is 23.7 Å². The van der Waals surface area contributed by atoms with Crippen LogP contribution >= 0.6 is 0 Å². The Bertz CT molecular complexity index is 991. The number of hydrogen-bond donors (Lipinski definition) is 0. The van der Waals surface area contributed by atoms with Crippen molar-refractivity contribution in [1.29, 1.82) is 0 Å². The summed E-state index contributed by atoms with van der Waals surface area (Å²) in [4.78, 5) is 15.0. The molecule has 0 aliphatic carbocycles. The van der Waals surface area contributed by atoms with Crippen molar-refractivity contribution in [2.45, 2.75) is 64.5 Å². The van der Waals surface area contributed by atoms with E-state index in [9.17, 15) is 4.79 Å². The molecule has 1 amide bonds. The van der Waals surface area contributed by atoms with Crippen molar-refractivity contribution in [3.63, 3.8) is 0 Å². The molecule has 2 aromatic rings. The lowest BCUT2D eigenvalue weighted by Crippen LogP contribution is -2.44. The molecule has 4 rings (SSSR count). The van der Waals surface area contributed by atoms with Crippen molar-refractivity contribution >= 4 is 5.91 Å². The van der Waals surface area contributed by atoms with Gasteiger partial charge in [-0.2, -0.15) is 0 Å². The van der Waals surface area contributed by atoms with Crippen molar-refractivity contribution in [3.05, 3.63) is 53.6 Å². The number of para-hydroxylation sites is 1. The zero-order chi connectivity index (χ0) is 24.1. The van der Waals surface area contributed by atoms with Crippen LogP contribution < -0.4 is 14.2 Å². The van der Waals surface area contributed by atoms with Crippen LogP contribution in [0.1, 0.15) is 57.6 Å². The van der Waals surface area contributed by atoms with E-state index in [2.05, 4.69) is 26.0 Å². The third-order valence-electron chi connectivity index (χ3n) is 7.25. The van der Waals surface area contributed by atoms with Crippen LogP contribution in [0.15, 0.2) is 42.5 Å². The average molecular weight is 468 g/mol. The quantitative estimate of drug-likeness (QED) is 0.499. The van der Waals surface area contributed by atoms with E-state index in [4.69, 9.17) is 18.9 Å². The van der Waals surface area contributed by atoms with Crippen LogP contribution in [0, 0.1) is 5.92 Å². The maximum Gasteiger partial charge on any atom is 0.231 e. The van der Waals surface area contributed by atoms with Crippen LogP contribution in [0.3, 0.4) is 0 Å². The van der Waals surface area contributed by atoms with Gasteiger partial charge in [0.15, 0.2) is 11.5 Å². The van der Waals surface area contributed by atoms with E-state index in [1.165, 1.54) is 5.56 Å². The van der Waals surface area contributed by atoms with E-state index in [0.29, 0.717) is 32.0 Å². The van der Waals surface area contributed by atoms with Gasteiger partial charge in [-0.25, -0.2) is 0 Å². The summed E-state index contributed by atoms with van der Waals surface area (Å²) in [6.07, 6.45) is 3.35. The smallest absolute Gasteiger partial charge is 0.231 e. The molecular formula is C28H37NO5. The number of carbonyl (C=O) groups is 1. The van der Waals surface area contributed by atoms with Crippen molar-refractivity contribution in [2.24, 2.45) is 5.92 Å². The van der Waals surface area contributed by atoms with E-state index in [1.54, 1.807) is 7.11 Å². The van der Waals surface area contributed by atoms with Crippen LogP contribution in [0.5, 0.6) is 17.2 Å². The van der Waals surface area contributed by atoms with Gasteiger partial charge in [0.2, 0.25) is 12.7 Å². The summed E-state index contributed by atoms with van der Waals surface area (Å²) in [5, 5.41) is 0. The van der Waals surface area contributed by atoms with Crippen LogP contribution in [-0.2, 0) is 21.5 Å². The SMILES string of the molecule is CCC(=O)N(CC[C@]1(c2ccccc2OC)CCO[C@@H](C(C)C)C1)Cc1ccc2c(c1)OCO2. The van der Waals surface area contributed by atoms with Gasteiger partial charge < -0.3 is 23.8 Å². The number of ether oxygens (including phenoxy) is 4. The molecule has 184 valence electrons. The molecule has 1 saturated heterocycles. The van der Waals surface area contributed by atoms with E-state index >= 15 is 0 Å². The fourth-order valence-corrected chi connectivity index (χ4v) is 5.19. The molecule has 6 nitrogen and oxygen atoms in total. The van der Waals surface area contributed by atoms with Gasteiger partial charge in [-0.1, -0.05) is 45.0 Å². The number of rotatable bonds is 9. The lowest BCUT2D eigenvalue weighted by Gasteiger charge is -2.44. The Morgan fingerprint density at radius 3 is 2.74 bits per heavy atom. The summed E-state index contributed by atoms with van der Waals surface area (Å²) in [5.74, 6) is 3.00. The minimum Gasteiger partial charge on any atom is -0.496 e. The Morgan fingerprint density at radius 2 is 1.97 bits per heavy atom. The Hall–Kier alpha value is -2.73. The fraction of sp³-hybridized carbons (Fsp3) is 0.536. The third kappa shape index (κ3) is 5.17. The lowest BCUT2D eigenvalue weighted by molar-refractivity contribution is -0.132. The number of fused-ring (bicyclic) bond motifs is 1. The van der Waals surface area contributed by atoms with Gasteiger partial charge in [-0.3, -0.25) is 4.79 Å². The standard InChI is InChI=1S/C28H37NO5/c1-5-27(30)29(18-21-10-11-24-25(16-21)34-19-33-24)14-12-28(13-15-32-26(17-28)20(2)3)22-8-6-7-9-23(22)31-4/h6-11,16,20,26H,5,12-15,17-19H2,1-4H3/t26-,28+/m1/s1. The van der Waals surface area contributed by atoms with Crippen molar-refractivity contribution in [2.75, 3.05) is 27.1 Å². The van der Waals surface area contributed by atoms with Crippen LogP contribution in [0.2, 0.25) is 0 Å². The predicted octanol–water partition coefficient (Wildman–Crippen LogP) is 5.33. The number of hydrogen-bond acceptors (Lipinski definition) is 5. The molecule has 2 aromatic carbocycles. The van der Waals surface area contributed by atoms with Crippen LogP contribution in [0.4, 0.5) is 0 Å². The molecule has 0 N–H and O–H groups in total. The normalized spacial score (nSPS) is 21.5. The van der Waals surface area contributed by atoms with Crippen LogP contribution in [0.25, 0.3) is 0 Å². The first-order valence-electron chi connectivity index (χ1n) is 12.4. The molecule has 2 aliphatic rings. The van der Waals surface area contributed by atoms with Gasteiger partial charge >= 0.3 is 0 Å². The number of methoxy groups -OCH3 is 1. The molecule has 0 spiro atoms. The molecule has 34 heavy (non-hydrogen) atoms. The molecule has 1 fully saturated rings. The number of amides is 1. The molecule has 0 unspecified atom stereocenters. The van der Waals surface area contributed by atoms with E-state index in [-0.39, 0.29) is 24.2 Å². The van der Waals surface area contributed by atoms with Gasteiger partial charge in [0.05, 0.1) is 13.2 Å². The third-order valence-corrected chi connectivity index (χ3v) is 7.25. The lowest BCUT2D eigenvalue weighted by atomic mass is 9.68. The molecule has 2 aliphatic heterocycles. The summed E-state index contributed by atoms with van der Waals surface area (Å²) in [7, 11) is 1.73. The topological polar surface area (TPSA) is 57.2 Å². The van der Waals surface area contributed by atoms with Gasteiger partial charge in [0, 0.05) is 37.1 Å². The maximum absolute atomic E-state index is 13.0. The molecule has 0 bridgehead atoms. The van der Waals surface area contributed by atoms with Gasteiger partial charge in [-0.15, -0.1) is 0 Å². The second kappa shape index (κ2) is 10.7. The van der Waals surface area contributed by atoms with E-state index in [1.807, 2.05) is 42.2 Å². The second-order valence-electron chi connectivity index (χ2n) is 9.69. The molecular weight excluding hydrogens is 430 g/mol. The van der Waals surface area contributed by atoms with Crippen molar-refractivity contribution in [3.8, 4) is 17.2 Å². The second-order valence-corrected chi connectivity index (χ2v) is 9.69. The summed E-state index contributed by atoms with van der Waals surface area (Å²) >= 11 is 0. The summed E-state index contributed by atoms with van der Waals surface area (Å²) in [6, 6.07) is 14.3. The summed E-state index contributed by atoms with van der Waals surface area (Å²) in [6.45, 7) is 8.54. The van der Waals surface area contributed by atoms with Gasteiger partial charge in [-0.05, 0) is 48.9 Å². The van der Waals surface area contributed by atoms with Crippen molar-refractivity contribution in [1.82, 2.24) is 4.90 Å². The molecule has 2 atom stereocenters. The Kier molecular flexibility index (Phi) is 7.67. The zero-order valence-electron chi connectivity index (χ0n) is 20.8. The average Bonchev–Trinajstić information content (AvgIpc) is 3.34. The summed E-state index contributed by atoms with van der Waals surface area (Å²) in [5.41, 5.74) is 2.16. The highest BCUT2D eigenvalue weighted by Gasteiger charge is 2.41. The fourth-order valence-electron chi connectivity index (χ4n) is 5.19. The summed E-state index contributed by atoms with van der Waals surface area (Å²) < 4.78 is 22.9. The Morgan fingerprint density at radius 1 is 1.18 bits per heavy atom. The first kappa shape index (κ1) is 24.4. The highest BCUT2D eigenvalue weighted by molar-refractivity contribution is 5.75. The molecule has 2 heterocycles. The number of carbonyl (C=O) groups excluding carboxylic acids is 1. The highest BCUT2D eigenvalue weighted by atomic mass is 16.7. The number of benzene rings is 2. The Labute approximate surface area is 203 Å². The number of nitrogens with zero attached hydrogens (tertiary/aromatic N) is 1. The van der Waals surface area contributed by atoms with E-state index in [0.717, 1.165) is 42.1 Å². The minimum absolute atomic E-state index is 0.110. The monoisotopic (exact) mass is 467 g/mol. The maximum atomic E-state index is 13.0. The van der Waals surface area contributed by atoms with Gasteiger partial charge in [0.25, 0.3) is 0 Å². The minimum atomic E-state index is -0.110. The van der Waals surface area contributed by atoms with E-state index < -0.39 is 0 Å². The predicted molar refractivity (Wildman–Crippen MR) is 131 cm³/mol. The first-order valence-corrected chi connectivity index (χ1v) is 12.4. The molecule has 6 heteroatoms. The zero-order valence-corrected chi connectivity index (χ0v) is 20.8. The van der Waals surface area contributed by atoms with Crippen LogP contribution in [-0.4, -0.2) is 44.0 Å². The highest BCUT2D eigenvalue weighted by Crippen LogP contribution is 2.45. The van der Waals surface area contributed by atoms with Gasteiger partial charge in [0.1, 0.15) is 5.75 Å². The molecule has 0 aromatic heterocycles. The largest absolute Gasteiger partial charge is 0.496 e. The molecule has 0 saturated carbocycles. The Balaban J connectivity index is 1.59.